The Bertz CT molecular complexity index is 1190. The third-order valence-electron chi connectivity index (χ3n) is 4.33. The van der Waals surface area contributed by atoms with Gasteiger partial charge in [0, 0.05) is 22.0 Å². The van der Waals surface area contributed by atoms with E-state index in [2.05, 4.69) is 16.4 Å². The average molecular weight is 325 g/mol. The van der Waals surface area contributed by atoms with Crippen molar-refractivity contribution < 1.29 is 4.79 Å². The van der Waals surface area contributed by atoms with Crippen LogP contribution in [0.3, 0.4) is 0 Å². The summed E-state index contributed by atoms with van der Waals surface area (Å²) in [6.45, 7) is 1.98. The van der Waals surface area contributed by atoms with E-state index in [0.717, 1.165) is 27.2 Å². The summed E-state index contributed by atoms with van der Waals surface area (Å²) in [6, 6.07) is 21.3. The number of rotatable bonds is 2. The molecule has 0 atom stereocenters. The molecule has 4 rings (SSSR count). The maximum Gasteiger partial charge on any atom is 0.268 e. The molecule has 4 heteroatoms. The molecule has 3 aromatic carbocycles. The minimum atomic E-state index is -0.418. The lowest BCUT2D eigenvalue weighted by Gasteiger charge is -2.04. The fraction of sp³-hybridized carbons (Fsp3) is 0.0476. The van der Waals surface area contributed by atoms with Gasteiger partial charge in [-0.3, -0.25) is 4.79 Å². The smallest absolute Gasteiger partial charge is 0.268 e. The number of nitrogens with zero attached hydrogens (tertiary/aromatic N) is 1. The van der Waals surface area contributed by atoms with Gasteiger partial charge in [0.05, 0.1) is 5.35 Å². The molecule has 1 aromatic heterocycles. The number of anilines is 1. The van der Waals surface area contributed by atoms with Gasteiger partial charge in [0.2, 0.25) is 0 Å². The van der Waals surface area contributed by atoms with E-state index >= 15 is 0 Å². The molecule has 0 aliphatic rings. The van der Waals surface area contributed by atoms with E-state index in [1.54, 1.807) is 0 Å². The van der Waals surface area contributed by atoms with Gasteiger partial charge in [-0.15, -0.1) is 0 Å². The van der Waals surface area contributed by atoms with Crippen molar-refractivity contribution in [2.45, 2.75) is 6.92 Å². The molecular formula is C21H15N3O. The number of benzene rings is 3. The summed E-state index contributed by atoms with van der Waals surface area (Å²) < 4.78 is 0. The second-order valence-electron chi connectivity index (χ2n) is 6.02. The van der Waals surface area contributed by atoms with Gasteiger partial charge < -0.3 is 10.3 Å². The molecule has 0 radical (unpaired) electrons. The van der Waals surface area contributed by atoms with E-state index in [1.807, 2.05) is 67.6 Å². The molecule has 120 valence electrons. The summed E-state index contributed by atoms with van der Waals surface area (Å²) in [6.07, 6.45) is 0. The van der Waals surface area contributed by atoms with Crippen LogP contribution in [0.1, 0.15) is 5.56 Å². The fourth-order valence-electron chi connectivity index (χ4n) is 3.10. The zero-order chi connectivity index (χ0) is 17.4. The van der Waals surface area contributed by atoms with Gasteiger partial charge in [-0.2, -0.15) is 5.26 Å². The molecule has 0 bridgehead atoms. The lowest BCUT2D eigenvalue weighted by molar-refractivity contribution is -0.111. The highest BCUT2D eigenvalue weighted by Gasteiger charge is 2.15. The summed E-state index contributed by atoms with van der Waals surface area (Å²) in [5, 5.41) is 15.9. The van der Waals surface area contributed by atoms with Crippen molar-refractivity contribution in [2.24, 2.45) is 0 Å². The number of amides is 1. The highest BCUT2D eigenvalue weighted by molar-refractivity contribution is 6.26. The van der Waals surface area contributed by atoms with Crippen molar-refractivity contribution >= 4 is 38.8 Å². The normalized spacial score (nSPS) is 12.2. The highest BCUT2D eigenvalue weighted by Crippen LogP contribution is 2.23. The molecule has 0 saturated carbocycles. The van der Waals surface area contributed by atoms with Gasteiger partial charge in [0.1, 0.15) is 11.6 Å². The van der Waals surface area contributed by atoms with Gasteiger partial charge >= 0.3 is 0 Å². The lowest BCUT2D eigenvalue weighted by atomic mass is 10.1. The van der Waals surface area contributed by atoms with Crippen LogP contribution in [0.15, 0.2) is 60.7 Å². The first kappa shape index (κ1) is 15.0. The van der Waals surface area contributed by atoms with Gasteiger partial charge in [-0.25, -0.2) is 0 Å². The van der Waals surface area contributed by atoms with Crippen molar-refractivity contribution in [3.63, 3.8) is 0 Å². The molecular weight excluding hydrogens is 310 g/mol. The Labute approximate surface area is 144 Å². The standard InChI is InChI=1S/C21H15N3O/c1-13-8-10-15(11-9-13)23-21(25)17(12-22)20-16-6-2-4-14-5-3-7-18(24-20)19(14)16/h2-11,24H,1H3,(H,23,25). The highest BCUT2D eigenvalue weighted by atomic mass is 16.1. The van der Waals surface area contributed by atoms with Crippen LogP contribution in [0.2, 0.25) is 0 Å². The Hall–Kier alpha value is -3.58. The summed E-state index contributed by atoms with van der Waals surface area (Å²) in [4.78, 5) is 15.9. The molecule has 0 spiro atoms. The number of nitriles is 1. The number of hydrogen-bond donors (Lipinski definition) is 2. The number of hydrogen-bond acceptors (Lipinski definition) is 2. The average Bonchev–Trinajstić information content (AvgIpc) is 2.99. The second-order valence-corrected chi connectivity index (χ2v) is 6.02. The number of carbonyl (C=O) groups is 1. The van der Waals surface area contributed by atoms with Crippen LogP contribution in [0, 0.1) is 18.3 Å². The Balaban J connectivity index is 1.89. The number of H-pyrrole nitrogens is 1. The number of carbonyl (C=O) groups excluding carboxylic acids is 1. The number of aromatic amines is 1. The summed E-state index contributed by atoms with van der Waals surface area (Å²) in [5.74, 6) is -0.418. The van der Waals surface area contributed by atoms with E-state index in [1.165, 1.54) is 0 Å². The van der Waals surface area contributed by atoms with Crippen molar-refractivity contribution in [1.29, 1.82) is 5.26 Å². The molecule has 1 heterocycles. The van der Waals surface area contributed by atoms with E-state index in [0.29, 0.717) is 11.0 Å². The minimum Gasteiger partial charge on any atom is -0.353 e. The zero-order valence-electron chi connectivity index (χ0n) is 13.6. The zero-order valence-corrected chi connectivity index (χ0v) is 13.6. The van der Waals surface area contributed by atoms with Crippen LogP contribution in [0.4, 0.5) is 5.69 Å². The first-order valence-electron chi connectivity index (χ1n) is 7.99. The SMILES string of the molecule is Cc1ccc(NC(=O)C(C#N)=c2[nH]c3cccc4cccc2c43)cc1. The van der Waals surface area contributed by atoms with E-state index in [4.69, 9.17) is 0 Å². The third kappa shape index (κ3) is 2.52. The van der Waals surface area contributed by atoms with Crippen LogP contribution < -0.4 is 10.7 Å². The molecule has 25 heavy (non-hydrogen) atoms. The number of aryl methyl sites for hydroxylation is 1. The second kappa shape index (κ2) is 5.81. The summed E-state index contributed by atoms with van der Waals surface area (Å²) in [5.41, 5.74) is 2.76. The molecule has 4 aromatic rings. The molecule has 0 fully saturated rings. The summed E-state index contributed by atoms with van der Waals surface area (Å²) in [7, 11) is 0. The molecule has 1 amide bonds. The maximum atomic E-state index is 12.7. The van der Waals surface area contributed by atoms with E-state index in [-0.39, 0.29) is 5.57 Å². The molecule has 2 N–H and O–H groups in total. The number of nitrogens with one attached hydrogen (secondary N) is 2. The van der Waals surface area contributed by atoms with Gasteiger partial charge in [-0.1, -0.05) is 48.0 Å². The van der Waals surface area contributed by atoms with Crippen LogP contribution in [-0.2, 0) is 4.79 Å². The molecule has 0 aliphatic carbocycles. The molecule has 0 unspecified atom stereocenters. The lowest BCUT2D eigenvalue weighted by Crippen LogP contribution is -2.20. The van der Waals surface area contributed by atoms with Crippen LogP contribution >= 0.6 is 0 Å². The first-order valence-corrected chi connectivity index (χ1v) is 7.99. The van der Waals surface area contributed by atoms with Crippen molar-refractivity contribution in [3.8, 4) is 6.07 Å². The number of aromatic nitrogens is 1. The van der Waals surface area contributed by atoms with Crippen LogP contribution in [0.5, 0.6) is 0 Å². The van der Waals surface area contributed by atoms with Gasteiger partial charge in [0.25, 0.3) is 5.91 Å². The van der Waals surface area contributed by atoms with Crippen LogP contribution in [-0.4, -0.2) is 10.9 Å². The molecule has 4 nitrogen and oxygen atoms in total. The Morgan fingerprint density at radius 1 is 1.04 bits per heavy atom. The van der Waals surface area contributed by atoms with Gasteiger partial charge in [0.15, 0.2) is 0 Å². The maximum absolute atomic E-state index is 12.7. The first-order chi connectivity index (χ1) is 12.2. The summed E-state index contributed by atoms with van der Waals surface area (Å²) >= 11 is 0. The Morgan fingerprint density at radius 3 is 2.48 bits per heavy atom. The third-order valence-corrected chi connectivity index (χ3v) is 4.33. The van der Waals surface area contributed by atoms with Crippen molar-refractivity contribution in [2.75, 3.05) is 5.32 Å². The monoisotopic (exact) mass is 325 g/mol. The van der Waals surface area contributed by atoms with Crippen LogP contribution in [0.25, 0.3) is 27.2 Å². The minimum absolute atomic E-state index is 0.0734. The fourth-order valence-corrected chi connectivity index (χ4v) is 3.10. The van der Waals surface area contributed by atoms with Gasteiger partial charge in [-0.05, 0) is 30.5 Å². The van der Waals surface area contributed by atoms with E-state index in [9.17, 15) is 10.1 Å². The predicted octanol–water partition coefficient (Wildman–Crippen LogP) is 3.66. The van der Waals surface area contributed by atoms with Crippen molar-refractivity contribution in [1.82, 2.24) is 4.98 Å². The predicted molar refractivity (Wildman–Crippen MR) is 99.9 cm³/mol. The molecule has 0 saturated heterocycles. The Morgan fingerprint density at radius 2 is 1.76 bits per heavy atom. The van der Waals surface area contributed by atoms with Crippen molar-refractivity contribution in [3.05, 3.63) is 71.6 Å². The quantitative estimate of drug-likeness (QED) is 0.590. The van der Waals surface area contributed by atoms with E-state index < -0.39 is 5.91 Å². The molecule has 0 aliphatic heterocycles. The largest absolute Gasteiger partial charge is 0.353 e. The Kier molecular flexibility index (Phi) is 3.48. The topological polar surface area (TPSA) is 68.7 Å².